The lowest BCUT2D eigenvalue weighted by Crippen LogP contribution is -2.46. The van der Waals surface area contributed by atoms with Gasteiger partial charge in [0.25, 0.3) is 0 Å². The van der Waals surface area contributed by atoms with Crippen LogP contribution in [0.4, 0.5) is 0 Å². The molecule has 1 heterocycles. The largest absolute Gasteiger partial charge is 0.243 e. The van der Waals surface area contributed by atoms with Gasteiger partial charge in [-0.1, -0.05) is 18.2 Å². The van der Waals surface area contributed by atoms with Gasteiger partial charge in [0.1, 0.15) is 0 Å². The Morgan fingerprint density at radius 3 is 2.19 bits per heavy atom. The minimum absolute atomic E-state index is 0.0372. The standard InChI is InChI=1S/C13H20N2O4S2/c1-2-20(16,17)14-12-8-10-15(11-9-12)21(18,19)13-6-4-3-5-7-13/h3-7,12,14H,2,8-11H2,1H3. The lowest BCUT2D eigenvalue weighted by molar-refractivity contribution is 0.308. The van der Waals surface area contributed by atoms with E-state index in [2.05, 4.69) is 4.72 Å². The summed E-state index contributed by atoms with van der Waals surface area (Å²) in [4.78, 5) is 0.276. The zero-order valence-electron chi connectivity index (χ0n) is 11.9. The SMILES string of the molecule is CCS(=O)(=O)NC1CCN(S(=O)(=O)c2ccccc2)CC1. The smallest absolute Gasteiger partial charge is 0.212 e. The maximum absolute atomic E-state index is 12.4. The Bertz CT molecular complexity index is 663. The number of sulfonamides is 2. The molecule has 1 aromatic rings. The second kappa shape index (κ2) is 6.43. The van der Waals surface area contributed by atoms with Crippen LogP contribution in [0.3, 0.4) is 0 Å². The van der Waals surface area contributed by atoms with Crippen molar-refractivity contribution in [1.82, 2.24) is 9.03 Å². The third kappa shape index (κ3) is 4.03. The van der Waals surface area contributed by atoms with Gasteiger partial charge in [-0.15, -0.1) is 0 Å². The highest BCUT2D eigenvalue weighted by Gasteiger charge is 2.30. The van der Waals surface area contributed by atoms with E-state index in [1.54, 1.807) is 37.3 Å². The van der Waals surface area contributed by atoms with Crippen LogP contribution in [-0.2, 0) is 20.0 Å². The number of rotatable bonds is 5. The molecular formula is C13H20N2O4S2. The van der Waals surface area contributed by atoms with E-state index in [4.69, 9.17) is 0 Å². The van der Waals surface area contributed by atoms with Crippen LogP contribution >= 0.6 is 0 Å². The molecule has 0 spiro atoms. The molecule has 6 nitrogen and oxygen atoms in total. The topological polar surface area (TPSA) is 83.6 Å². The van der Waals surface area contributed by atoms with E-state index in [0.717, 1.165) is 0 Å². The fraction of sp³-hybridized carbons (Fsp3) is 0.538. The second-order valence-corrected chi connectivity index (χ2v) is 8.99. The Balaban J connectivity index is 2.01. The van der Waals surface area contributed by atoms with Crippen LogP contribution in [0.15, 0.2) is 35.2 Å². The number of nitrogens with one attached hydrogen (secondary N) is 1. The summed E-state index contributed by atoms with van der Waals surface area (Å²) in [6.07, 6.45) is 0.983. The molecule has 118 valence electrons. The summed E-state index contributed by atoms with van der Waals surface area (Å²) in [6.45, 7) is 2.24. The van der Waals surface area contributed by atoms with Gasteiger partial charge >= 0.3 is 0 Å². The Morgan fingerprint density at radius 1 is 1.10 bits per heavy atom. The van der Waals surface area contributed by atoms with E-state index in [0.29, 0.717) is 25.9 Å². The third-order valence-corrected chi connectivity index (χ3v) is 6.93. The molecule has 2 rings (SSSR count). The molecule has 1 saturated heterocycles. The number of nitrogens with zero attached hydrogens (tertiary/aromatic N) is 1. The summed E-state index contributed by atoms with van der Waals surface area (Å²) in [5, 5.41) is 0. The lowest BCUT2D eigenvalue weighted by atomic mass is 10.1. The summed E-state index contributed by atoms with van der Waals surface area (Å²) in [5.41, 5.74) is 0. The van der Waals surface area contributed by atoms with Gasteiger partial charge in [0.15, 0.2) is 0 Å². The Labute approximate surface area is 126 Å². The molecule has 1 fully saturated rings. The molecule has 21 heavy (non-hydrogen) atoms. The average Bonchev–Trinajstić information content (AvgIpc) is 2.48. The minimum atomic E-state index is -3.48. The van der Waals surface area contributed by atoms with Crippen LogP contribution < -0.4 is 4.72 Å². The Morgan fingerprint density at radius 2 is 1.67 bits per heavy atom. The molecule has 0 aliphatic carbocycles. The van der Waals surface area contributed by atoms with Gasteiger partial charge in [-0.05, 0) is 31.9 Å². The summed E-state index contributed by atoms with van der Waals surface area (Å²) in [5.74, 6) is 0.0372. The van der Waals surface area contributed by atoms with Crippen LogP contribution in [0.1, 0.15) is 19.8 Å². The fourth-order valence-electron chi connectivity index (χ4n) is 2.29. The van der Waals surface area contributed by atoms with Gasteiger partial charge in [-0.2, -0.15) is 4.31 Å². The molecule has 0 amide bonds. The van der Waals surface area contributed by atoms with E-state index in [1.807, 2.05) is 0 Å². The van der Waals surface area contributed by atoms with Gasteiger partial charge in [0, 0.05) is 19.1 Å². The molecule has 1 aromatic carbocycles. The van der Waals surface area contributed by atoms with E-state index in [-0.39, 0.29) is 16.7 Å². The maximum Gasteiger partial charge on any atom is 0.243 e. The average molecular weight is 332 g/mol. The zero-order valence-corrected chi connectivity index (χ0v) is 13.5. The lowest BCUT2D eigenvalue weighted by Gasteiger charge is -2.31. The van der Waals surface area contributed by atoms with Crippen LogP contribution in [0, 0.1) is 0 Å². The van der Waals surface area contributed by atoms with Crippen LogP contribution in [0.5, 0.6) is 0 Å². The molecule has 0 aromatic heterocycles. The first-order chi connectivity index (χ1) is 9.85. The van der Waals surface area contributed by atoms with Gasteiger partial charge in [0.05, 0.1) is 10.6 Å². The quantitative estimate of drug-likeness (QED) is 0.863. The van der Waals surface area contributed by atoms with Crippen molar-refractivity contribution >= 4 is 20.0 Å². The molecule has 0 saturated carbocycles. The minimum Gasteiger partial charge on any atom is -0.212 e. The van der Waals surface area contributed by atoms with Gasteiger partial charge in [0.2, 0.25) is 20.0 Å². The molecule has 1 N–H and O–H groups in total. The predicted octanol–water partition coefficient (Wildman–Crippen LogP) is 0.779. The first-order valence-corrected chi connectivity index (χ1v) is 9.99. The second-order valence-electron chi connectivity index (χ2n) is 5.01. The van der Waals surface area contributed by atoms with Crippen LogP contribution in [0.2, 0.25) is 0 Å². The molecule has 1 aliphatic rings. The van der Waals surface area contributed by atoms with Crippen molar-refractivity contribution in [2.24, 2.45) is 0 Å². The number of piperidine rings is 1. The molecule has 0 unspecified atom stereocenters. The Hall–Kier alpha value is -0.960. The van der Waals surface area contributed by atoms with Gasteiger partial charge in [-0.25, -0.2) is 21.6 Å². The first kappa shape index (κ1) is 16.4. The summed E-state index contributed by atoms with van der Waals surface area (Å²) < 4.78 is 51.9. The van der Waals surface area contributed by atoms with Crippen molar-refractivity contribution in [2.45, 2.75) is 30.7 Å². The molecule has 0 radical (unpaired) electrons. The molecular weight excluding hydrogens is 312 g/mol. The monoisotopic (exact) mass is 332 g/mol. The Kier molecular flexibility index (Phi) is 5.03. The van der Waals surface area contributed by atoms with Gasteiger partial charge in [-0.3, -0.25) is 0 Å². The van der Waals surface area contributed by atoms with E-state index in [1.165, 1.54) is 4.31 Å². The van der Waals surface area contributed by atoms with E-state index < -0.39 is 20.0 Å². The van der Waals surface area contributed by atoms with E-state index in [9.17, 15) is 16.8 Å². The van der Waals surface area contributed by atoms with Crippen LogP contribution in [0.25, 0.3) is 0 Å². The maximum atomic E-state index is 12.4. The number of hydrogen-bond donors (Lipinski definition) is 1. The summed E-state index contributed by atoms with van der Waals surface area (Å²) in [6, 6.07) is 8.11. The fourth-order valence-corrected chi connectivity index (χ4v) is 4.69. The molecule has 0 bridgehead atoms. The highest BCUT2D eigenvalue weighted by molar-refractivity contribution is 7.89. The number of hydrogen-bond acceptors (Lipinski definition) is 4. The molecule has 0 atom stereocenters. The molecule has 8 heteroatoms. The van der Waals surface area contributed by atoms with Crippen molar-refractivity contribution in [1.29, 1.82) is 0 Å². The van der Waals surface area contributed by atoms with E-state index >= 15 is 0 Å². The van der Waals surface area contributed by atoms with Crippen molar-refractivity contribution < 1.29 is 16.8 Å². The highest BCUT2D eigenvalue weighted by Crippen LogP contribution is 2.20. The number of benzene rings is 1. The predicted molar refractivity (Wildman–Crippen MR) is 80.8 cm³/mol. The van der Waals surface area contributed by atoms with Crippen molar-refractivity contribution in [3.8, 4) is 0 Å². The third-order valence-electron chi connectivity index (χ3n) is 3.56. The first-order valence-electron chi connectivity index (χ1n) is 6.90. The van der Waals surface area contributed by atoms with Gasteiger partial charge < -0.3 is 0 Å². The van der Waals surface area contributed by atoms with Crippen molar-refractivity contribution in [2.75, 3.05) is 18.8 Å². The normalized spacial score (nSPS) is 18.7. The summed E-state index contributed by atoms with van der Waals surface area (Å²) in [7, 11) is -6.72. The van der Waals surface area contributed by atoms with Crippen molar-refractivity contribution in [3.63, 3.8) is 0 Å². The summed E-state index contributed by atoms with van der Waals surface area (Å²) >= 11 is 0. The zero-order chi connectivity index (χ0) is 15.5. The van der Waals surface area contributed by atoms with Crippen molar-refractivity contribution in [3.05, 3.63) is 30.3 Å². The van der Waals surface area contributed by atoms with Crippen LogP contribution in [-0.4, -0.2) is 46.0 Å². The highest BCUT2D eigenvalue weighted by atomic mass is 32.2. The molecule has 1 aliphatic heterocycles.